The largest absolute Gasteiger partial charge is 0.394 e. The van der Waals surface area contributed by atoms with Crippen molar-refractivity contribution >= 4 is 19.2 Å². The van der Waals surface area contributed by atoms with E-state index in [0.29, 0.717) is 13.0 Å². The van der Waals surface area contributed by atoms with Crippen LogP contribution in [0.2, 0.25) is 0 Å². The zero-order chi connectivity index (χ0) is 13.2. The van der Waals surface area contributed by atoms with Gasteiger partial charge in [0, 0.05) is 6.61 Å². The molecule has 0 saturated carbocycles. The molecule has 0 bridgehead atoms. The van der Waals surface area contributed by atoms with Crippen LogP contribution in [0.1, 0.15) is 27.2 Å². The average molecular weight is 236 g/mol. The molecule has 2 radical (unpaired) electrons. The third kappa shape index (κ3) is 3.33. The third-order valence-electron chi connectivity index (χ3n) is 2.43. The second-order valence-corrected chi connectivity index (χ2v) is 4.66. The molecule has 0 aromatic heterocycles. The maximum atomic E-state index is 11.2. The van der Waals surface area contributed by atoms with E-state index in [1.807, 2.05) is 13.8 Å². The van der Waals surface area contributed by atoms with E-state index in [9.17, 15) is 9.59 Å². The highest BCUT2D eigenvalue weighted by molar-refractivity contribution is 6.16. The second kappa shape index (κ2) is 4.92. The first kappa shape index (κ1) is 13.8. The van der Waals surface area contributed by atoms with Gasteiger partial charge in [-0.25, -0.2) is 0 Å². The van der Waals surface area contributed by atoms with Crippen LogP contribution in [0.3, 0.4) is 0 Å². The Morgan fingerprint density at radius 2 is 2.00 bits per heavy atom. The number of rotatable bonds is 6. The molecule has 1 aromatic carbocycles. The molecule has 0 amide bonds. The van der Waals surface area contributed by atoms with Crippen molar-refractivity contribution in [1.82, 2.24) is 0 Å². The summed E-state index contributed by atoms with van der Waals surface area (Å²) >= 11 is 0. The maximum Gasteiger partial charge on any atom is 0.253 e. The smallest absolute Gasteiger partial charge is 0.253 e. The molecule has 0 aliphatic carbocycles. The van der Waals surface area contributed by atoms with Gasteiger partial charge >= 0.3 is 0 Å². The zero-order valence-corrected chi connectivity index (χ0v) is 10.4. The molecule has 17 heavy (non-hydrogen) atoms. The minimum absolute atomic E-state index is 0.0450. The van der Waals surface area contributed by atoms with Crippen LogP contribution >= 0.6 is 0 Å². The molecule has 1 rings (SSSR count). The Labute approximate surface area is 101 Å². The molecule has 3 N–H and O–H groups in total. The molecular weight excluding hydrogens is 219 g/mol. The van der Waals surface area contributed by atoms with Gasteiger partial charge in [0.05, 0.1) is 6.10 Å². The number of nitrogens with one attached hydrogen (secondary N) is 1. The van der Waals surface area contributed by atoms with Gasteiger partial charge in [-0.05, 0) is 25.7 Å². The van der Waals surface area contributed by atoms with Crippen molar-refractivity contribution in [2.24, 2.45) is 0 Å². The van der Waals surface area contributed by atoms with E-state index in [0.717, 1.165) is 0 Å². The SMILES string of the molecule is [B]C(C)(CCOC(C)C)Nc1c(N)c(=O)c1=O. The van der Waals surface area contributed by atoms with Crippen molar-refractivity contribution < 1.29 is 4.74 Å². The summed E-state index contributed by atoms with van der Waals surface area (Å²) in [4.78, 5) is 22.1. The first-order valence-corrected chi connectivity index (χ1v) is 5.52. The molecule has 1 unspecified atom stereocenters. The van der Waals surface area contributed by atoms with E-state index in [2.05, 4.69) is 5.32 Å². The second-order valence-electron chi connectivity index (χ2n) is 4.66. The minimum Gasteiger partial charge on any atom is -0.394 e. The van der Waals surface area contributed by atoms with Gasteiger partial charge in [-0.15, -0.1) is 0 Å². The Balaban J connectivity index is 2.56. The first-order chi connectivity index (χ1) is 7.74. The lowest BCUT2D eigenvalue weighted by Crippen LogP contribution is -2.45. The standard InChI is InChI=1S/C11H17BN2O3/c1-6(2)17-5-4-11(3,12)14-8-7(13)9(15)10(8)16/h6,14H,4-5,13H2,1-3H3. The highest BCUT2D eigenvalue weighted by Gasteiger charge is 2.24. The van der Waals surface area contributed by atoms with E-state index in [1.165, 1.54) is 0 Å². The van der Waals surface area contributed by atoms with E-state index >= 15 is 0 Å². The van der Waals surface area contributed by atoms with Gasteiger partial charge in [-0.3, -0.25) is 9.59 Å². The van der Waals surface area contributed by atoms with Gasteiger partial charge < -0.3 is 15.8 Å². The number of ether oxygens (including phenoxy) is 1. The maximum absolute atomic E-state index is 11.2. The Morgan fingerprint density at radius 3 is 2.47 bits per heavy atom. The predicted octanol–water partition coefficient (Wildman–Crippen LogP) is -0.0235. The van der Waals surface area contributed by atoms with Gasteiger partial charge in [-0.1, -0.05) is 6.92 Å². The van der Waals surface area contributed by atoms with Crippen LogP contribution in [0, 0.1) is 0 Å². The fraction of sp³-hybridized carbons (Fsp3) is 0.636. The summed E-state index contributed by atoms with van der Waals surface area (Å²) in [6.45, 7) is 6.03. The molecule has 5 nitrogen and oxygen atoms in total. The number of hydrogen-bond donors (Lipinski definition) is 2. The van der Waals surface area contributed by atoms with E-state index in [-0.39, 0.29) is 17.5 Å². The third-order valence-corrected chi connectivity index (χ3v) is 2.43. The average Bonchev–Trinajstić information content (AvgIpc) is 2.23. The molecule has 92 valence electrons. The molecule has 0 spiro atoms. The molecule has 6 heteroatoms. The Kier molecular flexibility index (Phi) is 3.98. The number of anilines is 2. The van der Waals surface area contributed by atoms with Gasteiger partial charge in [-0.2, -0.15) is 0 Å². The van der Waals surface area contributed by atoms with Crippen LogP contribution in [0.25, 0.3) is 0 Å². The Hall–Kier alpha value is -1.30. The van der Waals surface area contributed by atoms with Crippen LogP contribution < -0.4 is 21.9 Å². The summed E-state index contributed by atoms with van der Waals surface area (Å²) in [5.74, 6) is 0. The minimum atomic E-state index is -0.828. The van der Waals surface area contributed by atoms with Crippen molar-refractivity contribution in [2.45, 2.75) is 38.7 Å². The molecule has 0 saturated heterocycles. The van der Waals surface area contributed by atoms with Gasteiger partial charge in [0.1, 0.15) is 19.2 Å². The summed E-state index contributed by atoms with van der Waals surface area (Å²) in [5, 5.41) is 2.78. The highest BCUT2D eigenvalue weighted by atomic mass is 16.5. The van der Waals surface area contributed by atoms with Crippen molar-refractivity contribution in [3.63, 3.8) is 0 Å². The van der Waals surface area contributed by atoms with E-state index in [1.54, 1.807) is 6.92 Å². The first-order valence-electron chi connectivity index (χ1n) is 5.52. The van der Waals surface area contributed by atoms with Crippen LogP contribution in [-0.2, 0) is 4.74 Å². The summed E-state index contributed by atoms with van der Waals surface area (Å²) in [6.07, 6.45) is 0.630. The molecule has 0 aliphatic heterocycles. The quantitative estimate of drug-likeness (QED) is 0.535. The predicted molar refractivity (Wildman–Crippen MR) is 69.3 cm³/mol. The van der Waals surface area contributed by atoms with E-state index in [4.69, 9.17) is 18.3 Å². The lowest BCUT2D eigenvalue weighted by Gasteiger charge is -2.29. The van der Waals surface area contributed by atoms with Crippen LogP contribution in [0.5, 0.6) is 0 Å². The monoisotopic (exact) mass is 236 g/mol. The number of hydrogen-bond acceptors (Lipinski definition) is 5. The fourth-order valence-corrected chi connectivity index (χ4v) is 1.39. The lowest BCUT2D eigenvalue weighted by atomic mass is 9.76. The number of nitrogens with two attached hydrogens (primary N) is 1. The highest BCUT2D eigenvalue weighted by Crippen LogP contribution is 2.17. The summed E-state index contributed by atoms with van der Waals surface area (Å²) < 4.78 is 5.37. The van der Waals surface area contributed by atoms with Crippen LogP contribution in [0.4, 0.5) is 11.4 Å². The molecule has 0 heterocycles. The summed E-state index contributed by atoms with van der Waals surface area (Å²) in [6, 6.07) is 0. The van der Waals surface area contributed by atoms with Crippen LogP contribution in [0.15, 0.2) is 9.59 Å². The molecular formula is C11H17BN2O3. The Bertz CT molecular complexity index is 461. The molecule has 1 aromatic rings. The number of nitrogen functional groups attached to an aromatic ring is 1. The normalized spacial score (nSPS) is 15.1. The van der Waals surface area contributed by atoms with E-state index < -0.39 is 16.3 Å². The van der Waals surface area contributed by atoms with Crippen molar-refractivity contribution in [3.05, 3.63) is 20.4 Å². The Morgan fingerprint density at radius 1 is 1.41 bits per heavy atom. The lowest BCUT2D eigenvalue weighted by molar-refractivity contribution is 0.0733. The van der Waals surface area contributed by atoms with Crippen molar-refractivity contribution in [3.8, 4) is 0 Å². The van der Waals surface area contributed by atoms with Crippen LogP contribution in [-0.4, -0.2) is 26.0 Å². The molecule has 0 aliphatic rings. The van der Waals surface area contributed by atoms with Crippen molar-refractivity contribution in [1.29, 1.82) is 0 Å². The summed E-state index contributed by atoms with van der Waals surface area (Å²) in [7, 11) is 5.94. The van der Waals surface area contributed by atoms with Gasteiger partial charge in [0.25, 0.3) is 10.9 Å². The molecule has 1 atom stereocenters. The summed E-state index contributed by atoms with van der Waals surface area (Å²) in [5.41, 5.74) is 3.38. The fourth-order valence-electron chi connectivity index (χ4n) is 1.39. The van der Waals surface area contributed by atoms with Gasteiger partial charge in [0.15, 0.2) is 0 Å². The zero-order valence-electron chi connectivity index (χ0n) is 10.4. The topological polar surface area (TPSA) is 81.4 Å². The molecule has 0 fully saturated rings. The van der Waals surface area contributed by atoms with Crippen molar-refractivity contribution in [2.75, 3.05) is 17.7 Å². The van der Waals surface area contributed by atoms with Gasteiger partial charge in [0.2, 0.25) is 0 Å².